The summed E-state index contributed by atoms with van der Waals surface area (Å²) >= 11 is 1.34. The van der Waals surface area contributed by atoms with Gasteiger partial charge in [0.25, 0.3) is 20.2 Å². The number of hydrogen-bond donors (Lipinski definition) is 2. The second-order valence-corrected chi connectivity index (χ2v) is 9.37. The van der Waals surface area contributed by atoms with E-state index < -0.39 is 20.2 Å². The summed E-state index contributed by atoms with van der Waals surface area (Å²) in [7, 11) is -7.99. The summed E-state index contributed by atoms with van der Waals surface area (Å²) < 4.78 is 62.6. The molecule has 0 radical (unpaired) electrons. The first-order valence-corrected chi connectivity index (χ1v) is 11.3. The first-order chi connectivity index (χ1) is 11.2. The topological polar surface area (TPSA) is 127 Å². The molecule has 0 amide bonds. The van der Waals surface area contributed by atoms with Crippen LogP contribution in [0, 0.1) is 0 Å². The number of aryl methyl sites for hydroxylation is 1. The molecule has 0 fully saturated rings. The Bertz CT molecular complexity index is 905. The van der Waals surface area contributed by atoms with Crippen molar-refractivity contribution in [3.8, 4) is 0 Å². The van der Waals surface area contributed by atoms with Crippen molar-refractivity contribution in [3.63, 3.8) is 0 Å². The SMILES string of the molecule is O=S(=O)(O)CCCSc1nc2ccccc2n1CCCS(=O)(=O)O. The van der Waals surface area contributed by atoms with Crippen molar-refractivity contribution in [2.45, 2.75) is 24.5 Å². The van der Waals surface area contributed by atoms with Gasteiger partial charge < -0.3 is 4.57 Å². The van der Waals surface area contributed by atoms with E-state index in [2.05, 4.69) is 4.98 Å². The van der Waals surface area contributed by atoms with Crippen LogP contribution in [0.5, 0.6) is 0 Å². The summed E-state index contributed by atoms with van der Waals surface area (Å²) in [5.74, 6) is -0.212. The summed E-state index contributed by atoms with van der Waals surface area (Å²) in [5.41, 5.74) is 1.59. The van der Waals surface area contributed by atoms with Crippen LogP contribution >= 0.6 is 11.8 Å². The van der Waals surface area contributed by atoms with Crippen molar-refractivity contribution in [1.82, 2.24) is 9.55 Å². The number of nitrogens with zero attached hydrogens (tertiary/aromatic N) is 2. The lowest BCUT2D eigenvalue weighted by molar-refractivity contribution is 0.477. The van der Waals surface area contributed by atoms with Crippen LogP contribution in [0.15, 0.2) is 29.4 Å². The molecule has 0 unspecified atom stereocenters. The lowest BCUT2D eigenvalue weighted by atomic mass is 10.3. The molecule has 0 atom stereocenters. The average molecular weight is 394 g/mol. The number of hydrogen-bond acceptors (Lipinski definition) is 6. The van der Waals surface area contributed by atoms with Crippen LogP contribution in [0.25, 0.3) is 11.0 Å². The fourth-order valence-corrected chi connectivity index (χ4v) is 4.35. The molecule has 0 saturated heterocycles. The molecule has 11 heteroatoms. The maximum atomic E-state index is 10.9. The third kappa shape index (κ3) is 6.06. The van der Waals surface area contributed by atoms with Gasteiger partial charge in [-0.2, -0.15) is 16.8 Å². The van der Waals surface area contributed by atoms with Gasteiger partial charge in [0, 0.05) is 12.3 Å². The lowest BCUT2D eigenvalue weighted by Gasteiger charge is -2.08. The van der Waals surface area contributed by atoms with Crippen LogP contribution in [0.2, 0.25) is 0 Å². The van der Waals surface area contributed by atoms with Gasteiger partial charge in [-0.1, -0.05) is 23.9 Å². The van der Waals surface area contributed by atoms with Gasteiger partial charge in [-0.05, 0) is 25.0 Å². The summed E-state index contributed by atoms with van der Waals surface area (Å²) in [6, 6.07) is 7.37. The predicted octanol–water partition coefficient (Wildman–Crippen LogP) is 1.68. The van der Waals surface area contributed by atoms with E-state index >= 15 is 0 Å². The molecule has 2 rings (SSSR count). The minimum absolute atomic E-state index is 0.234. The molecule has 24 heavy (non-hydrogen) atoms. The third-order valence-corrected chi connectivity index (χ3v) is 5.85. The third-order valence-electron chi connectivity index (χ3n) is 3.18. The van der Waals surface area contributed by atoms with Crippen molar-refractivity contribution in [3.05, 3.63) is 24.3 Å². The quantitative estimate of drug-likeness (QED) is 0.374. The molecule has 0 aliphatic rings. The second kappa shape index (κ2) is 7.83. The van der Waals surface area contributed by atoms with E-state index in [1.165, 1.54) is 11.8 Å². The van der Waals surface area contributed by atoms with Crippen molar-refractivity contribution >= 4 is 43.0 Å². The summed E-state index contributed by atoms with van der Waals surface area (Å²) in [6.45, 7) is 0.362. The molecule has 134 valence electrons. The standard InChI is InChI=1S/C13H18N2O6S3/c16-23(17,18)9-3-7-15-12-6-2-1-5-11(12)14-13(15)22-8-4-10-24(19,20)21/h1-2,5-6H,3-4,7-10H2,(H,16,17,18)(H,19,20,21). The largest absolute Gasteiger partial charge is 0.319 e. The van der Waals surface area contributed by atoms with Crippen LogP contribution in [-0.2, 0) is 26.8 Å². The number of rotatable bonds is 9. The van der Waals surface area contributed by atoms with E-state index in [0.717, 1.165) is 11.0 Å². The molecule has 1 aromatic heterocycles. The van der Waals surface area contributed by atoms with E-state index in [-0.39, 0.29) is 24.3 Å². The number of benzene rings is 1. The number of para-hydroxylation sites is 2. The van der Waals surface area contributed by atoms with Gasteiger partial charge in [0.05, 0.1) is 22.5 Å². The van der Waals surface area contributed by atoms with Gasteiger partial charge in [0.1, 0.15) is 0 Å². The van der Waals surface area contributed by atoms with Gasteiger partial charge in [-0.15, -0.1) is 0 Å². The van der Waals surface area contributed by atoms with Crippen LogP contribution in [-0.4, -0.2) is 52.8 Å². The monoisotopic (exact) mass is 394 g/mol. The highest BCUT2D eigenvalue weighted by atomic mass is 32.2. The number of fused-ring (bicyclic) bond motifs is 1. The first-order valence-electron chi connectivity index (χ1n) is 7.14. The fraction of sp³-hybridized carbons (Fsp3) is 0.462. The maximum Gasteiger partial charge on any atom is 0.264 e. The molecular formula is C13H18N2O6S3. The molecule has 8 nitrogen and oxygen atoms in total. The molecule has 0 aliphatic carbocycles. The molecule has 2 N–H and O–H groups in total. The van der Waals surface area contributed by atoms with Gasteiger partial charge in [0.15, 0.2) is 5.16 Å². The second-order valence-electron chi connectivity index (χ2n) is 5.16. The molecule has 1 heterocycles. The smallest absolute Gasteiger partial charge is 0.264 e. The Labute approximate surface area is 144 Å². The molecular weight excluding hydrogens is 376 g/mol. The Kier molecular flexibility index (Phi) is 6.26. The zero-order valence-electron chi connectivity index (χ0n) is 12.7. The fourth-order valence-electron chi connectivity index (χ4n) is 2.19. The van der Waals surface area contributed by atoms with Crippen molar-refractivity contribution in [2.24, 2.45) is 0 Å². The summed E-state index contributed by atoms with van der Waals surface area (Å²) in [4.78, 5) is 4.46. The molecule has 0 saturated carbocycles. The average Bonchev–Trinajstić information content (AvgIpc) is 2.80. The van der Waals surface area contributed by atoms with E-state index in [1.807, 2.05) is 28.8 Å². The Balaban J connectivity index is 2.11. The highest BCUT2D eigenvalue weighted by molar-refractivity contribution is 7.99. The Morgan fingerprint density at radius 2 is 1.62 bits per heavy atom. The van der Waals surface area contributed by atoms with Crippen molar-refractivity contribution in [2.75, 3.05) is 17.3 Å². The highest BCUT2D eigenvalue weighted by Gasteiger charge is 2.13. The van der Waals surface area contributed by atoms with Crippen LogP contribution in [0.4, 0.5) is 0 Å². The minimum atomic E-state index is -4.02. The summed E-state index contributed by atoms with van der Waals surface area (Å²) in [5, 5.41) is 0.641. The van der Waals surface area contributed by atoms with Crippen LogP contribution in [0.3, 0.4) is 0 Å². The molecule has 0 aliphatic heterocycles. The molecule has 0 bridgehead atoms. The lowest BCUT2D eigenvalue weighted by Crippen LogP contribution is -2.09. The molecule has 2 aromatic rings. The van der Waals surface area contributed by atoms with Crippen molar-refractivity contribution in [1.29, 1.82) is 0 Å². The van der Waals surface area contributed by atoms with E-state index in [4.69, 9.17) is 9.11 Å². The predicted molar refractivity (Wildman–Crippen MR) is 92.5 cm³/mol. The van der Waals surface area contributed by atoms with Crippen LogP contribution < -0.4 is 0 Å². The summed E-state index contributed by atoms with van der Waals surface area (Å²) in [6.07, 6.45) is 0.509. The Hall–Kier alpha value is -1.14. The number of aromatic nitrogens is 2. The van der Waals surface area contributed by atoms with E-state index in [0.29, 0.717) is 17.5 Å². The Morgan fingerprint density at radius 1 is 1.00 bits per heavy atom. The molecule has 0 spiro atoms. The maximum absolute atomic E-state index is 10.9. The van der Waals surface area contributed by atoms with E-state index in [1.54, 1.807) is 0 Å². The highest BCUT2D eigenvalue weighted by Crippen LogP contribution is 2.25. The molecule has 1 aromatic carbocycles. The van der Waals surface area contributed by atoms with Gasteiger partial charge in [-0.3, -0.25) is 9.11 Å². The number of imidazole rings is 1. The van der Waals surface area contributed by atoms with Gasteiger partial charge in [0.2, 0.25) is 0 Å². The zero-order chi connectivity index (χ0) is 17.8. The van der Waals surface area contributed by atoms with Crippen molar-refractivity contribution < 1.29 is 25.9 Å². The minimum Gasteiger partial charge on any atom is -0.319 e. The number of thioether (sulfide) groups is 1. The first kappa shape index (κ1) is 19.2. The van der Waals surface area contributed by atoms with Crippen LogP contribution in [0.1, 0.15) is 12.8 Å². The zero-order valence-corrected chi connectivity index (χ0v) is 15.1. The normalized spacial score (nSPS) is 12.8. The van der Waals surface area contributed by atoms with E-state index in [9.17, 15) is 16.8 Å². The van der Waals surface area contributed by atoms with Gasteiger partial charge in [-0.25, -0.2) is 4.98 Å². The Morgan fingerprint density at radius 3 is 2.29 bits per heavy atom. The van der Waals surface area contributed by atoms with Gasteiger partial charge >= 0.3 is 0 Å².